The second-order valence-corrected chi connectivity index (χ2v) is 15.7. The van der Waals surface area contributed by atoms with Crippen LogP contribution in [0.25, 0.3) is 105 Å². The lowest BCUT2D eigenvalue weighted by Crippen LogP contribution is -2.02. The third-order valence-corrected chi connectivity index (χ3v) is 12.4. The number of benzene rings is 9. The van der Waals surface area contributed by atoms with Crippen LogP contribution in [0.4, 0.5) is 4.39 Å². The van der Waals surface area contributed by atoms with Gasteiger partial charge in [-0.1, -0.05) is 146 Å². The Morgan fingerprint density at radius 2 is 0.898 bits per heavy atom. The highest BCUT2D eigenvalue weighted by Gasteiger charge is 2.22. The number of hydrogen-bond donors (Lipinski definition) is 0. The fourth-order valence-electron chi connectivity index (χ4n) is 9.87. The first kappa shape index (κ1) is 33.6. The van der Waals surface area contributed by atoms with E-state index in [0.717, 1.165) is 45.8 Å². The third kappa shape index (κ3) is 5.18. The zero-order chi connectivity index (χ0) is 39.0. The van der Waals surface area contributed by atoms with E-state index >= 15 is 4.39 Å². The molecule has 0 bridgehead atoms. The lowest BCUT2D eigenvalue weighted by Gasteiger charge is -2.18. The molecule has 2 heterocycles. The summed E-state index contributed by atoms with van der Waals surface area (Å²) in [5, 5.41) is 8.51. The minimum atomic E-state index is -0.235. The number of fused-ring (bicyclic) bond motifs is 8. The van der Waals surface area contributed by atoms with Crippen LogP contribution in [0.15, 0.2) is 194 Å². The molecule has 0 atom stereocenters. The van der Waals surface area contributed by atoms with Crippen molar-refractivity contribution in [3.05, 3.63) is 211 Å². The molecule has 0 spiro atoms. The van der Waals surface area contributed by atoms with Crippen molar-refractivity contribution in [2.24, 2.45) is 0 Å². The van der Waals surface area contributed by atoms with Gasteiger partial charge in [-0.3, -0.25) is 0 Å². The summed E-state index contributed by atoms with van der Waals surface area (Å²) < 4.78 is 19.7. The van der Waals surface area contributed by atoms with E-state index in [1.165, 1.54) is 77.7 Å². The van der Waals surface area contributed by atoms with Crippen LogP contribution in [-0.2, 0) is 6.42 Å². The Hall–Kier alpha value is -7.49. The highest BCUT2D eigenvalue weighted by molar-refractivity contribution is 6.21. The maximum Gasteiger partial charge on any atom is 0.147 e. The molecule has 278 valence electrons. The van der Waals surface area contributed by atoms with Crippen LogP contribution in [0.5, 0.6) is 0 Å². The van der Waals surface area contributed by atoms with Crippen molar-refractivity contribution in [2.75, 3.05) is 0 Å². The molecule has 9 aromatic carbocycles. The Balaban J connectivity index is 0.985. The molecule has 1 aliphatic rings. The molecule has 0 radical (unpaired) electrons. The molecule has 3 heteroatoms. The van der Waals surface area contributed by atoms with Crippen molar-refractivity contribution in [1.29, 1.82) is 0 Å². The first-order valence-corrected chi connectivity index (χ1v) is 20.4. The first-order chi connectivity index (χ1) is 29.2. The molecule has 0 fully saturated rings. The minimum Gasteiger partial charge on any atom is -0.313 e. The molecular weight excluding hydrogens is 720 g/mol. The number of aromatic nitrogens is 2. The Labute approximate surface area is 341 Å². The second kappa shape index (κ2) is 13.3. The molecule has 1 aliphatic carbocycles. The van der Waals surface area contributed by atoms with Gasteiger partial charge in [-0.25, -0.2) is 4.39 Å². The summed E-state index contributed by atoms with van der Waals surface area (Å²) >= 11 is 0. The molecule has 59 heavy (non-hydrogen) atoms. The van der Waals surface area contributed by atoms with Crippen LogP contribution in [0.3, 0.4) is 0 Å². The van der Waals surface area contributed by atoms with E-state index in [1.54, 1.807) is 6.07 Å². The van der Waals surface area contributed by atoms with Gasteiger partial charge in [0.15, 0.2) is 0 Å². The normalized spacial score (nSPS) is 12.6. The van der Waals surface area contributed by atoms with E-state index < -0.39 is 0 Å². The standard InChI is InChI=1S/C56H37FN2/c57-49-22-10-13-25-54(49)59-51-24-12-9-17-42(51)48-35-39(29-33-53(48)59)38-28-32-52-47(34-38)41-16-8-11-23-50(41)58(52)40-30-26-37(27-31-40)56-45-20-6-4-18-43(45)55(36-14-2-1-3-15-36)44-19-5-7-21-46(44)56/h1-10,12-22,24-35H,11,23H2. The van der Waals surface area contributed by atoms with Crippen LogP contribution in [0, 0.1) is 5.82 Å². The highest BCUT2D eigenvalue weighted by Crippen LogP contribution is 2.44. The van der Waals surface area contributed by atoms with Gasteiger partial charge in [0.05, 0.1) is 22.2 Å². The Morgan fingerprint density at radius 1 is 0.390 bits per heavy atom. The van der Waals surface area contributed by atoms with Gasteiger partial charge in [0.1, 0.15) is 5.82 Å². The van der Waals surface area contributed by atoms with Crippen molar-refractivity contribution in [3.8, 4) is 44.8 Å². The number of para-hydroxylation sites is 2. The Kier molecular flexibility index (Phi) is 7.58. The van der Waals surface area contributed by atoms with Gasteiger partial charge in [0.25, 0.3) is 0 Å². The molecule has 2 aromatic heterocycles. The number of rotatable bonds is 5. The van der Waals surface area contributed by atoms with E-state index in [9.17, 15) is 0 Å². The van der Waals surface area contributed by atoms with Gasteiger partial charge in [0, 0.05) is 33.1 Å². The number of halogens is 1. The van der Waals surface area contributed by atoms with Crippen LogP contribution in [0.1, 0.15) is 17.7 Å². The Bertz CT molecular complexity index is 3440. The molecule has 0 saturated carbocycles. The molecule has 0 saturated heterocycles. The van der Waals surface area contributed by atoms with Gasteiger partial charge in [0.2, 0.25) is 0 Å². The van der Waals surface area contributed by atoms with Crippen molar-refractivity contribution in [3.63, 3.8) is 0 Å². The quantitative estimate of drug-likeness (QED) is 0.155. The van der Waals surface area contributed by atoms with Gasteiger partial charge >= 0.3 is 0 Å². The predicted molar refractivity (Wildman–Crippen MR) is 246 cm³/mol. The maximum absolute atomic E-state index is 15.2. The molecule has 0 N–H and O–H groups in total. The smallest absolute Gasteiger partial charge is 0.147 e. The largest absolute Gasteiger partial charge is 0.313 e. The van der Waals surface area contributed by atoms with E-state index in [-0.39, 0.29) is 5.82 Å². The van der Waals surface area contributed by atoms with E-state index in [0.29, 0.717) is 5.69 Å². The molecule has 11 aromatic rings. The number of allylic oxidation sites excluding steroid dienone is 1. The summed E-state index contributed by atoms with van der Waals surface area (Å²) in [6, 6.07) is 66.5. The topological polar surface area (TPSA) is 9.86 Å². The van der Waals surface area contributed by atoms with Crippen molar-refractivity contribution < 1.29 is 4.39 Å². The van der Waals surface area contributed by atoms with Crippen molar-refractivity contribution in [2.45, 2.75) is 12.8 Å². The molecule has 2 nitrogen and oxygen atoms in total. The lowest BCUT2D eigenvalue weighted by molar-refractivity contribution is 0.621. The minimum absolute atomic E-state index is 0.235. The molecular formula is C56H37FN2. The van der Waals surface area contributed by atoms with Gasteiger partial charge in [-0.2, -0.15) is 0 Å². The van der Waals surface area contributed by atoms with Gasteiger partial charge in [-0.15, -0.1) is 0 Å². The summed E-state index contributed by atoms with van der Waals surface area (Å²) in [5.74, 6) is -0.235. The zero-order valence-electron chi connectivity index (χ0n) is 32.2. The summed E-state index contributed by atoms with van der Waals surface area (Å²) in [7, 11) is 0. The van der Waals surface area contributed by atoms with Gasteiger partial charge < -0.3 is 9.13 Å². The van der Waals surface area contributed by atoms with E-state index in [4.69, 9.17) is 0 Å². The van der Waals surface area contributed by atoms with E-state index in [1.807, 2.05) is 22.8 Å². The zero-order valence-corrected chi connectivity index (χ0v) is 32.2. The molecule has 0 aliphatic heterocycles. The molecule has 12 rings (SSSR count). The average molecular weight is 757 g/mol. The van der Waals surface area contributed by atoms with Crippen LogP contribution >= 0.6 is 0 Å². The predicted octanol–water partition coefficient (Wildman–Crippen LogP) is 15.1. The first-order valence-electron chi connectivity index (χ1n) is 20.4. The van der Waals surface area contributed by atoms with E-state index in [2.05, 4.69) is 174 Å². The van der Waals surface area contributed by atoms with Crippen LogP contribution in [-0.4, -0.2) is 9.13 Å². The van der Waals surface area contributed by atoms with Crippen molar-refractivity contribution in [1.82, 2.24) is 9.13 Å². The summed E-state index contributed by atoms with van der Waals surface area (Å²) in [5.41, 5.74) is 14.8. The highest BCUT2D eigenvalue weighted by atomic mass is 19.1. The van der Waals surface area contributed by atoms with Crippen molar-refractivity contribution >= 4 is 60.3 Å². The number of hydrogen-bond acceptors (Lipinski definition) is 0. The fraction of sp³-hybridized carbons (Fsp3) is 0.0357. The number of nitrogens with zero attached hydrogens (tertiary/aromatic N) is 2. The fourth-order valence-corrected chi connectivity index (χ4v) is 9.87. The molecule has 0 unspecified atom stereocenters. The van der Waals surface area contributed by atoms with Crippen LogP contribution in [0.2, 0.25) is 0 Å². The summed E-state index contributed by atoms with van der Waals surface area (Å²) in [6.45, 7) is 0. The lowest BCUT2D eigenvalue weighted by atomic mass is 9.86. The van der Waals surface area contributed by atoms with Crippen LogP contribution < -0.4 is 0 Å². The molecule has 0 amide bonds. The summed E-state index contributed by atoms with van der Waals surface area (Å²) in [4.78, 5) is 0. The third-order valence-electron chi connectivity index (χ3n) is 12.4. The Morgan fingerprint density at radius 3 is 1.56 bits per heavy atom. The van der Waals surface area contributed by atoms with Gasteiger partial charge in [-0.05, 0) is 122 Å². The average Bonchev–Trinajstić information content (AvgIpc) is 3.81. The SMILES string of the molecule is Fc1ccccc1-n1c2ccccc2c2cc(-c3ccc4c(c3)c3c(n4-c4ccc(-c5c6ccccc6c(-c6ccccc6)c6ccccc56)cc4)CCC=C3)ccc21. The maximum atomic E-state index is 15.2. The summed E-state index contributed by atoms with van der Waals surface area (Å²) in [6.07, 6.45) is 6.62. The second-order valence-electron chi connectivity index (χ2n) is 15.7. The monoisotopic (exact) mass is 756 g/mol.